The van der Waals surface area contributed by atoms with Crippen LogP contribution in [0.5, 0.6) is 0 Å². The van der Waals surface area contributed by atoms with Crippen LogP contribution in [0.3, 0.4) is 0 Å². The van der Waals surface area contributed by atoms with Crippen molar-refractivity contribution < 1.29 is 4.39 Å². The topological polar surface area (TPSA) is 24.9 Å². The van der Waals surface area contributed by atoms with E-state index in [-0.39, 0.29) is 5.82 Å². The summed E-state index contributed by atoms with van der Waals surface area (Å²) < 4.78 is 15.3. The lowest BCUT2D eigenvalue weighted by atomic mass is 10.1. The van der Waals surface area contributed by atoms with Crippen LogP contribution in [0.15, 0.2) is 40.9 Å². The molecule has 108 valence electrons. The van der Waals surface area contributed by atoms with Crippen LogP contribution in [0, 0.1) is 12.7 Å². The summed E-state index contributed by atoms with van der Waals surface area (Å²) in [7, 11) is 0. The molecule has 5 heteroatoms. The van der Waals surface area contributed by atoms with Gasteiger partial charge < -0.3 is 5.32 Å². The predicted molar refractivity (Wildman–Crippen MR) is 90.7 cm³/mol. The molecule has 0 unspecified atom stereocenters. The molecular formula is C16H14BrFN2S. The van der Waals surface area contributed by atoms with Crippen molar-refractivity contribution in [1.82, 2.24) is 4.98 Å². The number of fused-ring (bicyclic) bond motifs is 1. The van der Waals surface area contributed by atoms with Gasteiger partial charge in [-0.3, -0.25) is 0 Å². The standard InChI is InChI=1S/C16H14BrFN2S/c1-10-8-13(18)4-2-11(10)6-7-19-16-20-14-5-3-12(17)9-15(14)21-16/h2-5,8-9H,6-7H2,1H3,(H,19,20). The highest BCUT2D eigenvalue weighted by Gasteiger charge is 2.05. The molecule has 0 saturated carbocycles. The van der Waals surface area contributed by atoms with Gasteiger partial charge in [0.1, 0.15) is 5.82 Å². The second-order valence-corrected chi connectivity index (χ2v) is 6.82. The van der Waals surface area contributed by atoms with Crippen molar-refractivity contribution >= 4 is 42.6 Å². The van der Waals surface area contributed by atoms with E-state index in [1.165, 1.54) is 6.07 Å². The minimum absolute atomic E-state index is 0.180. The van der Waals surface area contributed by atoms with Gasteiger partial charge in [0.05, 0.1) is 10.2 Å². The van der Waals surface area contributed by atoms with E-state index in [9.17, 15) is 4.39 Å². The summed E-state index contributed by atoms with van der Waals surface area (Å²) in [5.74, 6) is -0.180. The fourth-order valence-corrected chi connectivity index (χ4v) is 3.66. The monoisotopic (exact) mass is 364 g/mol. The second kappa shape index (κ2) is 6.12. The van der Waals surface area contributed by atoms with Gasteiger partial charge in [0, 0.05) is 11.0 Å². The molecule has 1 aromatic heterocycles. The smallest absolute Gasteiger partial charge is 0.183 e. The van der Waals surface area contributed by atoms with E-state index < -0.39 is 0 Å². The Hall–Kier alpha value is -1.46. The van der Waals surface area contributed by atoms with Crippen molar-refractivity contribution in [2.45, 2.75) is 13.3 Å². The van der Waals surface area contributed by atoms with Gasteiger partial charge in [0.2, 0.25) is 0 Å². The number of rotatable bonds is 4. The molecule has 0 spiro atoms. The van der Waals surface area contributed by atoms with E-state index >= 15 is 0 Å². The lowest BCUT2D eigenvalue weighted by Gasteiger charge is -2.06. The summed E-state index contributed by atoms with van der Waals surface area (Å²) in [4.78, 5) is 4.55. The van der Waals surface area contributed by atoms with Gasteiger partial charge in [-0.25, -0.2) is 9.37 Å². The number of nitrogens with one attached hydrogen (secondary N) is 1. The maximum atomic E-state index is 13.1. The summed E-state index contributed by atoms with van der Waals surface area (Å²) in [6.45, 7) is 2.72. The zero-order valence-electron chi connectivity index (χ0n) is 11.5. The Kier molecular flexibility index (Phi) is 4.22. The van der Waals surface area contributed by atoms with E-state index in [1.54, 1.807) is 17.4 Å². The number of hydrogen-bond donors (Lipinski definition) is 1. The highest BCUT2D eigenvalue weighted by Crippen LogP contribution is 2.28. The van der Waals surface area contributed by atoms with E-state index in [1.807, 2.05) is 25.1 Å². The van der Waals surface area contributed by atoms with Crippen LogP contribution in [0.25, 0.3) is 10.2 Å². The number of nitrogens with zero attached hydrogens (tertiary/aromatic N) is 1. The molecule has 1 heterocycles. The van der Waals surface area contributed by atoms with Crippen LogP contribution in [-0.4, -0.2) is 11.5 Å². The first-order valence-corrected chi connectivity index (χ1v) is 8.28. The molecule has 0 fully saturated rings. The molecule has 0 aliphatic rings. The largest absolute Gasteiger partial charge is 0.361 e. The van der Waals surface area contributed by atoms with E-state index in [0.717, 1.165) is 43.9 Å². The summed E-state index contributed by atoms with van der Waals surface area (Å²) in [6, 6.07) is 11.0. The predicted octanol–water partition coefficient (Wildman–Crippen LogP) is 5.16. The Balaban J connectivity index is 1.66. The Morgan fingerprint density at radius 2 is 2.10 bits per heavy atom. The molecule has 0 aliphatic heterocycles. The van der Waals surface area contributed by atoms with Crippen molar-refractivity contribution in [3.63, 3.8) is 0 Å². The summed E-state index contributed by atoms with van der Waals surface area (Å²) in [5.41, 5.74) is 3.15. The third-order valence-corrected chi connectivity index (χ3v) is 4.79. The van der Waals surface area contributed by atoms with Crippen LogP contribution in [0.4, 0.5) is 9.52 Å². The molecule has 3 rings (SSSR count). The number of benzene rings is 2. The van der Waals surface area contributed by atoms with Gasteiger partial charge in [-0.15, -0.1) is 0 Å². The quantitative estimate of drug-likeness (QED) is 0.691. The molecule has 21 heavy (non-hydrogen) atoms. The Bertz CT molecular complexity index is 785. The van der Waals surface area contributed by atoms with Crippen LogP contribution in [0.1, 0.15) is 11.1 Å². The van der Waals surface area contributed by atoms with Gasteiger partial charge in [-0.1, -0.05) is 33.3 Å². The molecule has 0 bridgehead atoms. The summed E-state index contributed by atoms with van der Waals surface area (Å²) in [5, 5.41) is 4.26. The van der Waals surface area contributed by atoms with E-state index in [4.69, 9.17) is 0 Å². The number of aryl methyl sites for hydroxylation is 1. The lowest BCUT2D eigenvalue weighted by Crippen LogP contribution is -2.05. The lowest BCUT2D eigenvalue weighted by molar-refractivity contribution is 0.625. The average molecular weight is 365 g/mol. The van der Waals surface area contributed by atoms with Gasteiger partial charge in [0.15, 0.2) is 5.13 Å². The molecular weight excluding hydrogens is 351 g/mol. The molecule has 0 aliphatic carbocycles. The number of halogens is 2. The third-order valence-electron chi connectivity index (χ3n) is 3.33. The van der Waals surface area contributed by atoms with Crippen molar-refractivity contribution in [2.75, 3.05) is 11.9 Å². The van der Waals surface area contributed by atoms with Crippen molar-refractivity contribution in [1.29, 1.82) is 0 Å². The molecule has 0 atom stereocenters. The first-order valence-electron chi connectivity index (χ1n) is 6.67. The highest BCUT2D eigenvalue weighted by molar-refractivity contribution is 9.10. The van der Waals surface area contributed by atoms with Crippen molar-refractivity contribution in [3.05, 3.63) is 57.8 Å². The fourth-order valence-electron chi connectivity index (χ4n) is 2.22. The number of aromatic nitrogens is 1. The van der Waals surface area contributed by atoms with Crippen molar-refractivity contribution in [3.8, 4) is 0 Å². The second-order valence-electron chi connectivity index (χ2n) is 4.88. The zero-order chi connectivity index (χ0) is 14.8. The zero-order valence-corrected chi connectivity index (χ0v) is 13.9. The minimum Gasteiger partial charge on any atom is -0.361 e. The molecule has 0 amide bonds. The van der Waals surface area contributed by atoms with Crippen LogP contribution < -0.4 is 5.32 Å². The maximum Gasteiger partial charge on any atom is 0.183 e. The van der Waals surface area contributed by atoms with Crippen LogP contribution in [0.2, 0.25) is 0 Å². The maximum absolute atomic E-state index is 13.1. The van der Waals surface area contributed by atoms with E-state index in [0.29, 0.717) is 0 Å². The fraction of sp³-hybridized carbons (Fsp3) is 0.188. The summed E-state index contributed by atoms with van der Waals surface area (Å²) in [6.07, 6.45) is 0.853. The molecule has 1 N–H and O–H groups in total. The SMILES string of the molecule is Cc1cc(F)ccc1CCNc1nc2ccc(Br)cc2s1. The Morgan fingerprint density at radius 1 is 1.24 bits per heavy atom. The van der Waals surface area contributed by atoms with Gasteiger partial charge in [-0.05, 0) is 54.8 Å². The Morgan fingerprint density at radius 3 is 2.90 bits per heavy atom. The number of thiazole rings is 1. The van der Waals surface area contributed by atoms with E-state index in [2.05, 4.69) is 32.3 Å². The minimum atomic E-state index is -0.180. The highest BCUT2D eigenvalue weighted by atomic mass is 79.9. The molecule has 2 aromatic carbocycles. The third kappa shape index (κ3) is 3.41. The summed E-state index contributed by atoms with van der Waals surface area (Å²) >= 11 is 5.11. The molecule has 3 aromatic rings. The first kappa shape index (κ1) is 14.5. The molecule has 2 nitrogen and oxygen atoms in total. The van der Waals surface area contributed by atoms with Gasteiger partial charge in [0.25, 0.3) is 0 Å². The Labute approximate surface area is 135 Å². The molecule has 0 saturated heterocycles. The average Bonchev–Trinajstić information content (AvgIpc) is 2.83. The van der Waals surface area contributed by atoms with Crippen LogP contribution in [-0.2, 0) is 6.42 Å². The van der Waals surface area contributed by atoms with Gasteiger partial charge in [-0.2, -0.15) is 0 Å². The number of hydrogen-bond acceptors (Lipinski definition) is 3. The van der Waals surface area contributed by atoms with Gasteiger partial charge >= 0.3 is 0 Å². The van der Waals surface area contributed by atoms with Crippen molar-refractivity contribution in [2.24, 2.45) is 0 Å². The first-order chi connectivity index (χ1) is 10.1. The van der Waals surface area contributed by atoms with Crippen LogP contribution >= 0.6 is 27.3 Å². The number of anilines is 1. The normalized spacial score (nSPS) is 11.0. The molecule has 0 radical (unpaired) electrons.